The van der Waals surface area contributed by atoms with Crippen molar-refractivity contribution >= 4 is 5.91 Å². The van der Waals surface area contributed by atoms with Crippen LogP contribution in [0.3, 0.4) is 0 Å². The van der Waals surface area contributed by atoms with Crippen molar-refractivity contribution in [1.82, 2.24) is 10.3 Å². The fourth-order valence-electron chi connectivity index (χ4n) is 2.14. The summed E-state index contributed by atoms with van der Waals surface area (Å²) in [5.41, 5.74) is 0.367. The third-order valence-electron chi connectivity index (χ3n) is 3.35. The normalized spacial score (nSPS) is 11.0. The summed E-state index contributed by atoms with van der Waals surface area (Å²) in [5.74, 6) is 0.368. The standard InChI is InChI=1S/C18H23FN2O3/c1-13(2)23-11-5-10-20-17(22)8-9-18-21-12-16(24-18)14-6-3-4-7-15(14)19/h3-4,6-7,12-13H,5,8-11H2,1-2H3,(H,20,22). The van der Waals surface area contributed by atoms with Crippen LogP contribution in [0.15, 0.2) is 34.9 Å². The first-order chi connectivity index (χ1) is 11.6. The number of carbonyl (C=O) groups excluding carboxylic acids is 1. The molecule has 2 rings (SSSR count). The predicted octanol–water partition coefficient (Wildman–Crippen LogP) is 3.34. The number of rotatable bonds is 9. The Morgan fingerprint density at radius 1 is 1.38 bits per heavy atom. The number of carbonyl (C=O) groups is 1. The van der Waals surface area contributed by atoms with Gasteiger partial charge in [-0.2, -0.15) is 0 Å². The van der Waals surface area contributed by atoms with Crippen molar-refractivity contribution in [3.05, 3.63) is 42.2 Å². The Balaban J connectivity index is 1.73. The molecule has 1 heterocycles. The minimum absolute atomic E-state index is 0.0646. The van der Waals surface area contributed by atoms with E-state index in [-0.39, 0.29) is 24.2 Å². The number of aromatic nitrogens is 1. The molecular formula is C18H23FN2O3. The molecule has 1 N–H and O–H groups in total. The lowest BCUT2D eigenvalue weighted by atomic mass is 10.2. The van der Waals surface area contributed by atoms with E-state index < -0.39 is 0 Å². The molecular weight excluding hydrogens is 311 g/mol. The number of amides is 1. The minimum atomic E-state index is -0.360. The zero-order valence-corrected chi connectivity index (χ0v) is 14.0. The number of ether oxygens (including phenoxy) is 1. The average Bonchev–Trinajstić information content (AvgIpc) is 3.01. The van der Waals surface area contributed by atoms with Gasteiger partial charge in [-0.3, -0.25) is 4.79 Å². The second kappa shape index (κ2) is 9.17. The summed E-state index contributed by atoms with van der Waals surface area (Å²) in [4.78, 5) is 15.9. The van der Waals surface area contributed by atoms with Gasteiger partial charge in [0.05, 0.1) is 17.9 Å². The number of halogens is 1. The van der Waals surface area contributed by atoms with Crippen LogP contribution in [0.1, 0.15) is 32.6 Å². The highest BCUT2D eigenvalue weighted by Gasteiger charge is 2.11. The van der Waals surface area contributed by atoms with E-state index in [1.165, 1.54) is 12.3 Å². The van der Waals surface area contributed by atoms with Crippen molar-refractivity contribution in [3.63, 3.8) is 0 Å². The van der Waals surface area contributed by atoms with E-state index in [0.29, 0.717) is 36.8 Å². The van der Waals surface area contributed by atoms with Crippen LogP contribution in [0.5, 0.6) is 0 Å². The topological polar surface area (TPSA) is 64.4 Å². The monoisotopic (exact) mass is 334 g/mol. The van der Waals surface area contributed by atoms with E-state index in [9.17, 15) is 9.18 Å². The van der Waals surface area contributed by atoms with Gasteiger partial charge >= 0.3 is 0 Å². The first-order valence-corrected chi connectivity index (χ1v) is 8.14. The highest BCUT2D eigenvalue weighted by molar-refractivity contribution is 5.76. The van der Waals surface area contributed by atoms with Crippen LogP contribution in [0, 0.1) is 5.82 Å². The Morgan fingerprint density at radius 3 is 2.92 bits per heavy atom. The van der Waals surface area contributed by atoms with Crippen LogP contribution in [0.2, 0.25) is 0 Å². The largest absolute Gasteiger partial charge is 0.441 e. The summed E-state index contributed by atoms with van der Waals surface area (Å²) in [6.45, 7) is 5.16. The van der Waals surface area contributed by atoms with E-state index in [1.807, 2.05) is 13.8 Å². The Labute approximate surface area is 141 Å². The lowest BCUT2D eigenvalue weighted by Crippen LogP contribution is -2.25. The maximum Gasteiger partial charge on any atom is 0.220 e. The van der Waals surface area contributed by atoms with Gasteiger partial charge in [-0.05, 0) is 32.4 Å². The number of oxazole rings is 1. The van der Waals surface area contributed by atoms with Crippen LogP contribution in [0.25, 0.3) is 11.3 Å². The second-order valence-corrected chi connectivity index (χ2v) is 5.72. The molecule has 2 aromatic rings. The van der Waals surface area contributed by atoms with Crippen molar-refractivity contribution in [3.8, 4) is 11.3 Å². The molecule has 0 saturated carbocycles. The highest BCUT2D eigenvalue weighted by atomic mass is 19.1. The molecule has 6 heteroatoms. The Bertz CT molecular complexity index is 655. The summed E-state index contributed by atoms with van der Waals surface area (Å²) in [5, 5.41) is 2.83. The summed E-state index contributed by atoms with van der Waals surface area (Å²) in [6.07, 6.45) is 3.12. The van der Waals surface area contributed by atoms with E-state index in [4.69, 9.17) is 9.15 Å². The van der Waals surface area contributed by atoms with Gasteiger partial charge in [0.25, 0.3) is 0 Å². The Kier molecular flexibility index (Phi) is 6.93. The zero-order valence-electron chi connectivity index (χ0n) is 14.0. The lowest BCUT2D eigenvalue weighted by Gasteiger charge is -2.07. The molecule has 0 aliphatic carbocycles. The van der Waals surface area contributed by atoms with Crippen molar-refractivity contribution in [2.75, 3.05) is 13.2 Å². The molecule has 0 radical (unpaired) electrons. The summed E-state index contributed by atoms with van der Waals surface area (Å²) in [6, 6.07) is 6.35. The first kappa shape index (κ1) is 18.1. The number of nitrogens with one attached hydrogen (secondary N) is 1. The molecule has 0 spiro atoms. The third-order valence-corrected chi connectivity index (χ3v) is 3.35. The maximum absolute atomic E-state index is 13.7. The highest BCUT2D eigenvalue weighted by Crippen LogP contribution is 2.23. The van der Waals surface area contributed by atoms with E-state index in [1.54, 1.807) is 18.2 Å². The quantitative estimate of drug-likeness (QED) is 0.714. The Morgan fingerprint density at radius 2 is 2.17 bits per heavy atom. The number of hydrogen-bond donors (Lipinski definition) is 1. The van der Waals surface area contributed by atoms with E-state index in [2.05, 4.69) is 10.3 Å². The van der Waals surface area contributed by atoms with Gasteiger partial charge in [-0.15, -0.1) is 0 Å². The van der Waals surface area contributed by atoms with Gasteiger partial charge in [-0.1, -0.05) is 12.1 Å². The smallest absolute Gasteiger partial charge is 0.220 e. The van der Waals surface area contributed by atoms with Gasteiger partial charge < -0.3 is 14.5 Å². The van der Waals surface area contributed by atoms with Crippen LogP contribution in [-0.2, 0) is 16.0 Å². The van der Waals surface area contributed by atoms with Crippen molar-refractivity contribution in [2.24, 2.45) is 0 Å². The van der Waals surface area contributed by atoms with Crippen molar-refractivity contribution < 1.29 is 18.3 Å². The molecule has 0 unspecified atom stereocenters. The van der Waals surface area contributed by atoms with Crippen LogP contribution < -0.4 is 5.32 Å². The fourth-order valence-corrected chi connectivity index (χ4v) is 2.14. The molecule has 0 fully saturated rings. The molecule has 1 amide bonds. The van der Waals surface area contributed by atoms with Gasteiger partial charge in [-0.25, -0.2) is 9.37 Å². The van der Waals surface area contributed by atoms with E-state index in [0.717, 1.165) is 6.42 Å². The first-order valence-electron chi connectivity index (χ1n) is 8.14. The van der Waals surface area contributed by atoms with Gasteiger partial charge in [0.15, 0.2) is 11.7 Å². The van der Waals surface area contributed by atoms with Crippen LogP contribution in [0.4, 0.5) is 4.39 Å². The predicted molar refractivity (Wildman–Crippen MR) is 88.9 cm³/mol. The average molecular weight is 334 g/mol. The molecule has 5 nitrogen and oxygen atoms in total. The lowest BCUT2D eigenvalue weighted by molar-refractivity contribution is -0.121. The number of aryl methyl sites for hydroxylation is 1. The SMILES string of the molecule is CC(C)OCCCNC(=O)CCc1ncc(-c2ccccc2F)o1. The summed E-state index contributed by atoms with van der Waals surface area (Å²) in [7, 11) is 0. The molecule has 0 bridgehead atoms. The molecule has 1 aromatic carbocycles. The molecule has 0 atom stereocenters. The van der Waals surface area contributed by atoms with Crippen molar-refractivity contribution in [1.29, 1.82) is 0 Å². The molecule has 1 aromatic heterocycles. The van der Waals surface area contributed by atoms with Crippen molar-refractivity contribution in [2.45, 2.75) is 39.2 Å². The summed E-state index contributed by atoms with van der Waals surface area (Å²) >= 11 is 0. The molecule has 0 aliphatic heterocycles. The minimum Gasteiger partial charge on any atom is -0.441 e. The van der Waals surface area contributed by atoms with Crippen LogP contribution >= 0.6 is 0 Å². The number of nitrogens with zero attached hydrogens (tertiary/aromatic N) is 1. The van der Waals surface area contributed by atoms with Gasteiger partial charge in [0.2, 0.25) is 5.91 Å². The molecule has 0 aliphatic rings. The van der Waals surface area contributed by atoms with E-state index >= 15 is 0 Å². The Hall–Kier alpha value is -2.21. The molecule has 130 valence electrons. The van der Waals surface area contributed by atoms with Gasteiger partial charge in [0, 0.05) is 26.0 Å². The molecule has 24 heavy (non-hydrogen) atoms. The fraction of sp³-hybridized carbons (Fsp3) is 0.444. The molecule has 0 saturated heterocycles. The van der Waals surface area contributed by atoms with Crippen LogP contribution in [-0.4, -0.2) is 30.1 Å². The van der Waals surface area contributed by atoms with Gasteiger partial charge in [0.1, 0.15) is 5.82 Å². The number of hydrogen-bond acceptors (Lipinski definition) is 4. The summed E-state index contributed by atoms with van der Waals surface area (Å²) < 4.78 is 24.6. The maximum atomic E-state index is 13.7. The third kappa shape index (κ3) is 5.77. The second-order valence-electron chi connectivity index (χ2n) is 5.72. The zero-order chi connectivity index (χ0) is 17.4. The number of benzene rings is 1.